The molecule has 34 heavy (non-hydrogen) atoms. The van der Waals surface area contributed by atoms with Crippen LogP contribution in [-0.4, -0.2) is 45.8 Å². The highest BCUT2D eigenvalue weighted by Gasteiger charge is 2.59. The predicted molar refractivity (Wildman–Crippen MR) is 136 cm³/mol. The van der Waals surface area contributed by atoms with Gasteiger partial charge in [-0.05, 0) is 118 Å². The predicted octanol–water partition coefficient (Wildman–Crippen LogP) is 5.72. The molecule has 4 heteroatoms. The molecule has 1 aliphatic heterocycles. The number of amides is 1. The minimum atomic E-state index is -0.717. The molecule has 0 aromatic heterocycles. The standard InChI is InChI=1S/C30H49NO3/c1-20(6-11-27(33)31-17-5-14-28(2,34)19-31)24-9-10-25-23-8-7-21-18-22(32)12-15-29(21,3)26(23)13-16-30(24,25)4/h7,20,22-26,32,34H,5-6,8-19H2,1-4H3/t20?,22-,23-,24+,25-,26-,28+,29-,30+/m0/s1. The number of allylic oxidation sites excluding steroid dienone is 1. The highest BCUT2D eigenvalue weighted by molar-refractivity contribution is 5.76. The van der Waals surface area contributed by atoms with Crippen LogP contribution in [0.25, 0.3) is 0 Å². The van der Waals surface area contributed by atoms with Crippen molar-refractivity contribution in [3.63, 3.8) is 0 Å². The zero-order valence-corrected chi connectivity index (χ0v) is 22.2. The van der Waals surface area contributed by atoms with Gasteiger partial charge in [0.25, 0.3) is 0 Å². The number of hydrogen-bond acceptors (Lipinski definition) is 3. The second kappa shape index (κ2) is 8.91. The van der Waals surface area contributed by atoms with Crippen molar-refractivity contribution < 1.29 is 15.0 Å². The molecule has 5 aliphatic rings. The highest BCUT2D eigenvalue weighted by Crippen LogP contribution is 2.67. The fourth-order valence-electron chi connectivity index (χ4n) is 9.76. The van der Waals surface area contributed by atoms with Gasteiger partial charge in [0, 0.05) is 19.5 Å². The van der Waals surface area contributed by atoms with Crippen LogP contribution in [0.3, 0.4) is 0 Å². The van der Waals surface area contributed by atoms with Crippen LogP contribution in [0.2, 0.25) is 0 Å². The summed E-state index contributed by atoms with van der Waals surface area (Å²) in [5.41, 5.74) is 1.57. The molecular formula is C30H49NO3. The van der Waals surface area contributed by atoms with E-state index >= 15 is 0 Å². The summed E-state index contributed by atoms with van der Waals surface area (Å²) in [6, 6.07) is 0. The number of rotatable bonds is 4. The third-order valence-electron chi connectivity index (χ3n) is 11.7. The molecular weight excluding hydrogens is 422 g/mol. The van der Waals surface area contributed by atoms with Crippen molar-refractivity contribution in [2.75, 3.05) is 13.1 Å². The third kappa shape index (κ3) is 4.19. The number of likely N-dealkylation sites (tertiary alicyclic amines) is 1. The Bertz CT molecular complexity index is 820. The van der Waals surface area contributed by atoms with E-state index in [0.29, 0.717) is 29.7 Å². The van der Waals surface area contributed by atoms with E-state index in [1.807, 2.05) is 11.8 Å². The Morgan fingerprint density at radius 1 is 1.12 bits per heavy atom. The lowest BCUT2D eigenvalue weighted by Gasteiger charge is -2.58. The Morgan fingerprint density at radius 3 is 2.68 bits per heavy atom. The number of β-amino-alcohol motifs (C(OH)–C–C–N with tert-alkyl or cyclic N) is 1. The zero-order chi connectivity index (χ0) is 24.3. The zero-order valence-electron chi connectivity index (χ0n) is 22.2. The van der Waals surface area contributed by atoms with Gasteiger partial charge in [-0.25, -0.2) is 0 Å². The lowest BCUT2D eigenvalue weighted by molar-refractivity contribution is -0.138. The molecule has 1 heterocycles. The Kier molecular flexibility index (Phi) is 6.50. The first-order valence-corrected chi connectivity index (χ1v) is 14.4. The molecule has 5 rings (SSSR count). The Morgan fingerprint density at radius 2 is 1.91 bits per heavy atom. The number of aliphatic hydroxyl groups excluding tert-OH is 1. The number of piperidine rings is 1. The van der Waals surface area contributed by atoms with E-state index in [1.54, 1.807) is 5.57 Å². The second-order valence-corrected chi connectivity index (χ2v) is 13.8. The average Bonchev–Trinajstić information content (AvgIpc) is 3.14. The van der Waals surface area contributed by atoms with Gasteiger partial charge in [-0.15, -0.1) is 0 Å². The number of fused-ring (bicyclic) bond motifs is 5. The monoisotopic (exact) mass is 471 g/mol. The summed E-state index contributed by atoms with van der Waals surface area (Å²) in [4.78, 5) is 14.8. The van der Waals surface area contributed by atoms with Crippen LogP contribution >= 0.6 is 0 Å². The number of hydrogen-bond donors (Lipinski definition) is 2. The Hall–Kier alpha value is -0.870. The smallest absolute Gasteiger partial charge is 0.222 e. The van der Waals surface area contributed by atoms with E-state index in [1.165, 1.54) is 32.1 Å². The van der Waals surface area contributed by atoms with Crippen molar-refractivity contribution in [3.05, 3.63) is 11.6 Å². The molecule has 4 fully saturated rings. The SMILES string of the molecule is CC(CCC(=O)N1CCC[C@@](C)(O)C1)[C@H]1CC[C@H]2[C@@H]3CC=C4C[C@@H](O)CC[C@]4(C)[C@H]3CC[C@]12C. The fraction of sp³-hybridized carbons (Fsp3) is 0.900. The van der Waals surface area contributed by atoms with Crippen LogP contribution < -0.4 is 0 Å². The summed E-state index contributed by atoms with van der Waals surface area (Å²) in [7, 11) is 0. The maximum atomic E-state index is 12.9. The first kappa shape index (κ1) is 24.8. The Balaban J connectivity index is 1.23. The van der Waals surface area contributed by atoms with E-state index in [0.717, 1.165) is 68.7 Å². The van der Waals surface area contributed by atoms with Crippen molar-refractivity contribution in [2.45, 2.75) is 116 Å². The third-order valence-corrected chi connectivity index (χ3v) is 11.7. The van der Waals surface area contributed by atoms with Gasteiger partial charge in [0.15, 0.2) is 0 Å². The quantitative estimate of drug-likeness (QED) is 0.516. The molecule has 3 saturated carbocycles. The summed E-state index contributed by atoms with van der Waals surface area (Å²) in [5.74, 6) is 3.96. The van der Waals surface area contributed by atoms with Crippen LogP contribution in [-0.2, 0) is 4.79 Å². The summed E-state index contributed by atoms with van der Waals surface area (Å²) in [5, 5.41) is 20.7. The molecule has 2 N–H and O–H groups in total. The van der Waals surface area contributed by atoms with Gasteiger partial charge in [0.1, 0.15) is 0 Å². The van der Waals surface area contributed by atoms with Crippen LogP contribution in [0, 0.1) is 40.4 Å². The van der Waals surface area contributed by atoms with Crippen LogP contribution in [0.15, 0.2) is 11.6 Å². The average molecular weight is 472 g/mol. The Labute approximate surface area is 207 Å². The van der Waals surface area contributed by atoms with E-state index < -0.39 is 5.60 Å². The molecule has 192 valence electrons. The van der Waals surface area contributed by atoms with Gasteiger partial charge in [-0.1, -0.05) is 32.4 Å². The summed E-state index contributed by atoms with van der Waals surface area (Å²) >= 11 is 0. The number of nitrogens with zero attached hydrogens (tertiary/aromatic N) is 1. The molecule has 9 atom stereocenters. The maximum Gasteiger partial charge on any atom is 0.222 e. The van der Waals surface area contributed by atoms with Crippen LogP contribution in [0.5, 0.6) is 0 Å². The molecule has 0 aromatic carbocycles. The molecule has 4 aliphatic carbocycles. The summed E-state index contributed by atoms with van der Waals surface area (Å²) in [6.45, 7) is 10.7. The fourth-order valence-corrected chi connectivity index (χ4v) is 9.76. The molecule has 4 nitrogen and oxygen atoms in total. The van der Waals surface area contributed by atoms with Gasteiger partial charge in [0.2, 0.25) is 5.91 Å². The van der Waals surface area contributed by atoms with Gasteiger partial charge in [0.05, 0.1) is 11.7 Å². The van der Waals surface area contributed by atoms with Gasteiger partial charge < -0.3 is 15.1 Å². The number of carbonyl (C=O) groups excluding carboxylic acids is 1. The highest BCUT2D eigenvalue weighted by atomic mass is 16.3. The lowest BCUT2D eigenvalue weighted by atomic mass is 9.47. The molecule has 0 aromatic rings. The molecule has 0 spiro atoms. The summed E-state index contributed by atoms with van der Waals surface area (Å²) < 4.78 is 0. The minimum absolute atomic E-state index is 0.125. The first-order chi connectivity index (χ1) is 16.0. The van der Waals surface area contributed by atoms with Gasteiger partial charge >= 0.3 is 0 Å². The van der Waals surface area contributed by atoms with Gasteiger partial charge in [-0.3, -0.25) is 4.79 Å². The molecule has 1 saturated heterocycles. The topological polar surface area (TPSA) is 60.8 Å². The second-order valence-electron chi connectivity index (χ2n) is 13.8. The van der Waals surface area contributed by atoms with Crippen molar-refractivity contribution in [1.29, 1.82) is 0 Å². The lowest BCUT2D eigenvalue weighted by Crippen LogP contribution is -2.51. The molecule has 1 amide bonds. The largest absolute Gasteiger partial charge is 0.393 e. The van der Waals surface area contributed by atoms with Crippen molar-refractivity contribution in [2.24, 2.45) is 40.4 Å². The van der Waals surface area contributed by atoms with Crippen molar-refractivity contribution in [1.82, 2.24) is 4.90 Å². The van der Waals surface area contributed by atoms with E-state index in [9.17, 15) is 15.0 Å². The van der Waals surface area contributed by atoms with E-state index in [-0.39, 0.29) is 12.0 Å². The molecule has 0 radical (unpaired) electrons. The maximum absolute atomic E-state index is 12.9. The van der Waals surface area contributed by atoms with Crippen LogP contribution in [0.4, 0.5) is 0 Å². The van der Waals surface area contributed by atoms with E-state index in [2.05, 4.69) is 26.8 Å². The minimum Gasteiger partial charge on any atom is -0.393 e. The summed E-state index contributed by atoms with van der Waals surface area (Å²) in [6.07, 6.45) is 15.4. The van der Waals surface area contributed by atoms with E-state index in [4.69, 9.17) is 0 Å². The van der Waals surface area contributed by atoms with Crippen molar-refractivity contribution >= 4 is 5.91 Å². The first-order valence-electron chi connectivity index (χ1n) is 14.4. The molecule has 0 bridgehead atoms. The van der Waals surface area contributed by atoms with Gasteiger partial charge in [-0.2, -0.15) is 0 Å². The van der Waals surface area contributed by atoms with Crippen LogP contribution in [0.1, 0.15) is 105 Å². The van der Waals surface area contributed by atoms with Crippen molar-refractivity contribution in [3.8, 4) is 0 Å². The molecule has 1 unspecified atom stereocenters. The number of aliphatic hydroxyl groups is 2. The number of carbonyl (C=O) groups is 1. The normalized spacial score (nSPS) is 47.3.